The second-order valence-electron chi connectivity index (χ2n) is 8.50. The van der Waals surface area contributed by atoms with Crippen molar-refractivity contribution in [3.8, 4) is 16.9 Å². The van der Waals surface area contributed by atoms with E-state index in [4.69, 9.17) is 4.74 Å². The van der Waals surface area contributed by atoms with E-state index in [1.165, 1.54) is 18.2 Å². The number of aromatic nitrogens is 2. The van der Waals surface area contributed by atoms with Gasteiger partial charge in [-0.15, -0.1) is 0 Å². The van der Waals surface area contributed by atoms with E-state index in [2.05, 4.69) is 15.7 Å². The number of nitrogens with zero attached hydrogens (tertiary/aromatic N) is 3. The number of para-hydroxylation sites is 1. The highest BCUT2D eigenvalue weighted by Gasteiger charge is 2.19. The molecule has 0 unspecified atom stereocenters. The Labute approximate surface area is 225 Å². The Morgan fingerprint density at radius 3 is 2.44 bits per heavy atom. The molecule has 2 N–H and O–H groups in total. The summed E-state index contributed by atoms with van der Waals surface area (Å²) in [6.45, 7) is 0.808. The third-order valence-corrected chi connectivity index (χ3v) is 5.73. The summed E-state index contributed by atoms with van der Waals surface area (Å²) in [6, 6.07) is 23.9. The van der Waals surface area contributed by atoms with E-state index < -0.39 is 16.7 Å². The van der Waals surface area contributed by atoms with Crippen LogP contribution in [0.3, 0.4) is 0 Å². The number of ether oxygens (including phenoxy) is 1. The molecule has 0 saturated carbocycles. The normalized spacial score (nSPS) is 11.2. The topological polar surface area (TPSA) is 128 Å². The maximum Gasteiger partial charge on any atom is 0.270 e. The van der Waals surface area contributed by atoms with Crippen LogP contribution in [0.2, 0.25) is 0 Å². The minimum atomic E-state index is -0.493. The molecule has 0 atom stereocenters. The molecule has 0 aliphatic carbocycles. The number of carbonyl (C=O) groups excluding carboxylic acids is 2. The molecule has 2 amide bonds. The van der Waals surface area contributed by atoms with Gasteiger partial charge in [0.15, 0.2) is 0 Å². The number of methoxy groups -OCH3 is 1. The number of benzene rings is 3. The average Bonchev–Trinajstić information content (AvgIpc) is 3.39. The second-order valence-corrected chi connectivity index (χ2v) is 8.50. The van der Waals surface area contributed by atoms with Gasteiger partial charge in [-0.05, 0) is 36.8 Å². The van der Waals surface area contributed by atoms with Crippen LogP contribution in [0.25, 0.3) is 23.0 Å². The van der Waals surface area contributed by atoms with Crippen molar-refractivity contribution >= 4 is 23.6 Å². The Kier molecular flexibility index (Phi) is 8.94. The Bertz CT molecular complexity index is 1480. The molecule has 0 bridgehead atoms. The number of nitro benzene ring substituents is 1. The first-order chi connectivity index (χ1) is 19.0. The smallest absolute Gasteiger partial charge is 0.270 e. The SMILES string of the molecule is COCCCNC(=O)C(=Cc1cn(-c2ccccc2)nc1-c1cccc([N+](=O)[O-])c1)NC(=O)c1ccccc1. The van der Waals surface area contributed by atoms with Crippen molar-refractivity contribution in [2.75, 3.05) is 20.3 Å². The first kappa shape index (κ1) is 27.0. The van der Waals surface area contributed by atoms with Crippen LogP contribution in [0.1, 0.15) is 22.3 Å². The van der Waals surface area contributed by atoms with Crippen LogP contribution in [0.5, 0.6) is 0 Å². The van der Waals surface area contributed by atoms with Gasteiger partial charge in [0.25, 0.3) is 17.5 Å². The molecule has 0 radical (unpaired) electrons. The van der Waals surface area contributed by atoms with Crippen LogP contribution in [0, 0.1) is 10.1 Å². The number of nitro groups is 1. The van der Waals surface area contributed by atoms with E-state index in [1.54, 1.807) is 60.5 Å². The molecule has 4 rings (SSSR count). The minimum absolute atomic E-state index is 0.000521. The number of hydrogen-bond acceptors (Lipinski definition) is 6. The highest BCUT2D eigenvalue weighted by atomic mass is 16.6. The van der Waals surface area contributed by atoms with Gasteiger partial charge in [0.05, 0.1) is 10.6 Å². The van der Waals surface area contributed by atoms with Gasteiger partial charge in [-0.1, -0.05) is 48.5 Å². The highest BCUT2D eigenvalue weighted by molar-refractivity contribution is 6.05. The van der Waals surface area contributed by atoms with E-state index >= 15 is 0 Å². The molecule has 0 aliphatic rings. The Hall–Kier alpha value is -5.09. The fraction of sp³-hybridized carbons (Fsp3) is 0.138. The number of hydrogen-bond donors (Lipinski definition) is 2. The third-order valence-electron chi connectivity index (χ3n) is 5.73. The minimum Gasteiger partial charge on any atom is -0.385 e. The molecular weight excluding hydrogens is 498 g/mol. The quantitative estimate of drug-likeness (QED) is 0.130. The monoisotopic (exact) mass is 525 g/mol. The summed E-state index contributed by atoms with van der Waals surface area (Å²) >= 11 is 0. The van der Waals surface area contributed by atoms with Gasteiger partial charge in [-0.2, -0.15) is 5.10 Å². The Morgan fingerprint density at radius 1 is 1.03 bits per heavy atom. The van der Waals surface area contributed by atoms with Crippen LogP contribution in [0.15, 0.2) is 96.8 Å². The van der Waals surface area contributed by atoms with Crippen molar-refractivity contribution in [3.05, 3.63) is 118 Å². The highest BCUT2D eigenvalue weighted by Crippen LogP contribution is 2.28. The lowest BCUT2D eigenvalue weighted by Crippen LogP contribution is -2.35. The summed E-state index contributed by atoms with van der Waals surface area (Å²) < 4.78 is 6.66. The van der Waals surface area contributed by atoms with Crippen LogP contribution in [-0.4, -0.2) is 46.8 Å². The maximum atomic E-state index is 13.2. The van der Waals surface area contributed by atoms with E-state index in [0.29, 0.717) is 42.0 Å². The molecule has 3 aromatic carbocycles. The number of amides is 2. The molecule has 0 spiro atoms. The van der Waals surface area contributed by atoms with Gasteiger partial charge in [0, 0.05) is 55.3 Å². The first-order valence-corrected chi connectivity index (χ1v) is 12.2. The van der Waals surface area contributed by atoms with Crippen LogP contribution >= 0.6 is 0 Å². The predicted molar refractivity (Wildman–Crippen MR) is 147 cm³/mol. The molecule has 0 fully saturated rings. The van der Waals surface area contributed by atoms with Crippen molar-refractivity contribution in [2.45, 2.75) is 6.42 Å². The van der Waals surface area contributed by atoms with Crippen molar-refractivity contribution in [2.24, 2.45) is 0 Å². The summed E-state index contributed by atoms with van der Waals surface area (Å²) in [5, 5.41) is 21.6. The van der Waals surface area contributed by atoms with Gasteiger partial charge in [-0.25, -0.2) is 4.68 Å². The Balaban J connectivity index is 1.79. The lowest BCUT2D eigenvalue weighted by atomic mass is 10.1. The molecule has 10 nitrogen and oxygen atoms in total. The van der Waals surface area contributed by atoms with Crippen molar-refractivity contribution < 1.29 is 19.2 Å². The van der Waals surface area contributed by atoms with E-state index in [1.807, 2.05) is 30.3 Å². The van der Waals surface area contributed by atoms with Gasteiger partial charge >= 0.3 is 0 Å². The fourth-order valence-electron chi connectivity index (χ4n) is 3.81. The summed E-state index contributed by atoms with van der Waals surface area (Å²) in [4.78, 5) is 37.1. The summed E-state index contributed by atoms with van der Waals surface area (Å²) in [7, 11) is 1.58. The summed E-state index contributed by atoms with van der Waals surface area (Å²) in [5.41, 5.74) is 2.42. The van der Waals surface area contributed by atoms with E-state index in [0.717, 1.165) is 5.69 Å². The predicted octanol–water partition coefficient (Wildman–Crippen LogP) is 4.37. The molecule has 1 aromatic heterocycles. The van der Waals surface area contributed by atoms with Crippen molar-refractivity contribution in [1.82, 2.24) is 20.4 Å². The largest absolute Gasteiger partial charge is 0.385 e. The second kappa shape index (κ2) is 12.9. The van der Waals surface area contributed by atoms with Crippen LogP contribution < -0.4 is 10.6 Å². The molecule has 1 heterocycles. The average molecular weight is 526 g/mol. The molecule has 198 valence electrons. The number of rotatable bonds is 11. The molecule has 4 aromatic rings. The first-order valence-electron chi connectivity index (χ1n) is 12.2. The van der Waals surface area contributed by atoms with Gasteiger partial charge in [0.2, 0.25) is 0 Å². The molecular formula is C29H27N5O5. The fourth-order valence-corrected chi connectivity index (χ4v) is 3.81. The molecule has 0 aliphatic heterocycles. The Morgan fingerprint density at radius 2 is 1.74 bits per heavy atom. The van der Waals surface area contributed by atoms with Crippen molar-refractivity contribution in [1.29, 1.82) is 0 Å². The number of non-ortho nitro benzene ring substituents is 1. The van der Waals surface area contributed by atoms with Gasteiger partial charge in [0.1, 0.15) is 11.4 Å². The number of nitrogens with one attached hydrogen (secondary N) is 2. The molecule has 0 saturated heterocycles. The van der Waals surface area contributed by atoms with Crippen LogP contribution in [0.4, 0.5) is 5.69 Å². The van der Waals surface area contributed by atoms with Gasteiger partial charge < -0.3 is 15.4 Å². The summed E-state index contributed by atoms with van der Waals surface area (Å²) in [5.74, 6) is -0.950. The lowest BCUT2D eigenvalue weighted by molar-refractivity contribution is -0.384. The lowest BCUT2D eigenvalue weighted by Gasteiger charge is -2.11. The van der Waals surface area contributed by atoms with E-state index in [9.17, 15) is 19.7 Å². The third kappa shape index (κ3) is 7.02. The van der Waals surface area contributed by atoms with Crippen LogP contribution in [-0.2, 0) is 9.53 Å². The standard InChI is InChI=1S/C29H27N5O5/c1-39-17-9-16-30-29(36)26(31-28(35)21-10-4-2-5-11-21)19-23-20-33(24-13-6-3-7-14-24)32-27(23)22-12-8-15-25(18-22)34(37)38/h2-8,10-15,18-20H,9,16-17H2,1H3,(H,30,36)(H,31,35). The van der Waals surface area contributed by atoms with Gasteiger partial charge in [-0.3, -0.25) is 19.7 Å². The molecule has 10 heteroatoms. The number of carbonyl (C=O) groups is 2. The zero-order valence-electron chi connectivity index (χ0n) is 21.2. The van der Waals surface area contributed by atoms with Crippen molar-refractivity contribution in [3.63, 3.8) is 0 Å². The zero-order valence-corrected chi connectivity index (χ0v) is 21.2. The maximum absolute atomic E-state index is 13.2. The van der Waals surface area contributed by atoms with E-state index in [-0.39, 0.29) is 11.4 Å². The summed E-state index contributed by atoms with van der Waals surface area (Å²) in [6.07, 6.45) is 3.82. The zero-order chi connectivity index (χ0) is 27.6. The molecule has 39 heavy (non-hydrogen) atoms.